The first kappa shape index (κ1) is 20.7. The van der Waals surface area contributed by atoms with Gasteiger partial charge in [0.25, 0.3) is 0 Å². The zero-order valence-corrected chi connectivity index (χ0v) is 18.2. The lowest BCUT2D eigenvalue weighted by atomic mass is 9.90. The van der Waals surface area contributed by atoms with Crippen LogP contribution in [-0.2, 0) is 6.54 Å². The summed E-state index contributed by atoms with van der Waals surface area (Å²) in [4.78, 5) is 6.79. The molecule has 0 amide bonds. The van der Waals surface area contributed by atoms with E-state index in [4.69, 9.17) is 5.26 Å². The van der Waals surface area contributed by atoms with Crippen molar-refractivity contribution < 1.29 is 8.78 Å². The number of piperidine rings is 1. The Bertz CT molecular complexity index is 1070. The molecule has 6 heteroatoms. The van der Waals surface area contributed by atoms with E-state index in [0.29, 0.717) is 18.2 Å². The molecule has 3 atom stereocenters. The Labute approximate surface area is 186 Å². The summed E-state index contributed by atoms with van der Waals surface area (Å²) in [5, 5.41) is 9.28. The maximum absolute atomic E-state index is 15.3. The predicted molar refractivity (Wildman–Crippen MR) is 121 cm³/mol. The fourth-order valence-corrected chi connectivity index (χ4v) is 7.01. The highest BCUT2D eigenvalue weighted by atomic mass is 32.2. The number of nitrogens with zero attached hydrogens (tertiary/aromatic N) is 3. The van der Waals surface area contributed by atoms with Crippen molar-refractivity contribution in [3.63, 3.8) is 0 Å². The Morgan fingerprint density at radius 1 is 1.23 bits per heavy atom. The zero-order chi connectivity index (χ0) is 21.6. The summed E-state index contributed by atoms with van der Waals surface area (Å²) in [5.41, 5.74) is 3.26. The van der Waals surface area contributed by atoms with Gasteiger partial charge in [-0.2, -0.15) is 17.0 Å². The van der Waals surface area contributed by atoms with Gasteiger partial charge in [-0.05, 0) is 79.5 Å². The molecule has 2 aromatic rings. The molecule has 3 nitrogen and oxygen atoms in total. The second-order valence-electron chi connectivity index (χ2n) is 8.98. The van der Waals surface area contributed by atoms with Crippen LogP contribution in [0.2, 0.25) is 0 Å². The SMILES string of the molecule is C=N[C@@]12CCC(C1)N(Cc1c(F)ccc(-c3ccc(C#N)c(F)c3)c1C1CCCS1)C2. The molecule has 1 aliphatic carbocycles. The number of hydrogen-bond acceptors (Lipinski definition) is 4. The van der Waals surface area contributed by atoms with E-state index in [1.54, 1.807) is 12.1 Å². The van der Waals surface area contributed by atoms with Crippen LogP contribution in [0.25, 0.3) is 11.1 Å². The Kier molecular flexibility index (Phi) is 5.35. The Morgan fingerprint density at radius 3 is 2.77 bits per heavy atom. The van der Waals surface area contributed by atoms with Crippen LogP contribution in [0.15, 0.2) is 35.3 Å². The molecule has 0 N–H and O–H groups in total. The summed E-state index contributed by atoms with van der Waals surface area (Å²) >= 11 is 1.86. The third-order valence-corrected chi connectivity index (χ3v) is 8.62. The molecule has 0 aromatic heterocycles. The molecule has 5 rings (SSSR count). The molecular weight excluding hydrogens is 412 g/mol. The molecule has 0 spiro atoms. The number of likely N-dealkylation sites (tertiary alicyclic amines) is 1. The molecule has 1 saturated carbocycles. The van der Waals surface area contributed by atoms with Gasteiger partial charge in [-0.1, -0.05) is 12.1 Å². The summed E-state index contributed by atoms with van der Waals surface area (Å²) < 4.78 is 29.7. The minimum Gasteiger partial charge on any atom is -0.294 e. The fraction of sp³-hybridized carbons (Fsp3) is 0.440. The number of halogens is 2. The summed E-state index contributed by atoms with van der Waals surface area (Å²) in [6.07, 6.45) is 5.24. The van der Waals surface area contributed by atoms with Gasteiger partial charge in [0.2, 0.25) is 0 Å². The largest absolute Gasteiger partial charge is 0.294 e. The third-order valence-electron chi connectivity index (χ3n) is 7.22. The lowest BCUT2D eigenvalue weighted by Gasteiger charge is -2.31. The second kappa shape index (κ2) is 8.03. The molecule has 2 aromatic carbocycles. The van der Waals surface area contributed by atoms with Crippen LogP contribution < -0.4 is 0 Å². The molecule has 2 heterocycles. The lowest BCUT2D eigenvalue weighted by Crippen LogP contribution is -2.37. The zero-order valence-electron chi connectivity index (χ0n) is 17.4. The van der Waals surface area contributed by atoms with E-state index in [0.717, 1.165) is 61.1 Å². The Morgan fingerprint density at radius 2 is 2.10 bits per heavy atom. The molecule has 2 saturated heterocycles. The number of hydrogen-bond donors (Lipinski definition) is 0. The Balaban J connectivity index is 1.58. The van der Waals surface area contributed by atoms with Crippen molar-refractivity contribution in [1.82, 2.24) is 4.90 Å². The van der Waals surface area contributed by atoms with Crippen molar-refractivity contribution in [3.05, 3.63) is 58.7 Å². The summed E-state index contributed by atoms with van der Waals surface area (Å²) in [5.74, 6) is 0.327. The topological polar surface area (TPSA) is 39.4 Å². The molecule has 3 aliphatic rings. The van der Waals surface area contributed by atoms with Crippen LogP contribution in [-0.4, -0.2) is 35.5 Å². The van der Waals surface area contributed by atoms with Crippen LogP contribution in [0.5, 0.6) is 0 Å². The number of fused-ring (bicyclic) bond motifs is 2. The Hall–Kier alpha value is -2.23. The van der Waals surface area contributed by atoms with E-state index in [9.17, 15) is 4.39 Å². The van der Waals surface area contributed by atoms with E-state index < -0.39 is 5.82 Å². The molecule has 2 unspecified atom stereocenters. The van der Waals surface area contributed by atoms with Crippen molar-refractivity contribution in [2.24, 2.45) is 4.99 Å². The van der Waals surface area contributed by atoms with E-state index in [1.807, 2.05) is 17.8 Å². The predicted octanol–water partition coefficient (Wildman–Crippen LogP) is 5.88. The van der Waals surface area contributed by atoms with Gasteiger partial charge in [0.15, 0.2) is 0 Å². The lowest BCUT2D eigenvalue weighted by molar-refractivity contribution is 0.194. The van der Waals surface area contributed by atoms with Gasteiger partial charge in [-0.3, -0.25) is 9.89 Å². The highest BCUT2D eigenvalue weighted by molar-refractivity contribution is 7.99. The van der Waals surface area contributed by atoms with E-state index in [-0.39, 0.29) is 22.2 Å². The average Bonchev–Trinajstić information content (AvgIpc) is 3.52. The molecule has 31 heavy (non-hydrogen) atoms. The van der Waals surface area contributed by atoms with E-state index in [1.165, 1.54) is 18.2 Å². The van der Waals surface area contributed by atoms with Gasteiger partial charge >= 0.3 is 0 Å². The number of benzene rings is 2. The number of rotatable bonds is 5. The highest BCUT2D eigenvalue weighted by Gasteiger charge is 2.49. The van der Waals surface area contributed by atoms with E-state index >= 15 is 4.39 Å². The van der Waals surface area contributed by atoms with Gasteiger partial charge in [-0.25, -0.2) is 8.78 Å². The maximum Gasteiger partial charge on any atom is 0.141 e. The minimum absolute atomic E-state index is 0.0261. The van der Waals surface area contributed by atoms with Crippen molar-refractivity contribution >= 4 is 18.5 Å². The van der Waals surface area contributed by atoms with Crippen molar-refractivity contribution in [2.45, 2.75) is 55.5 Å². The second-order valence-corrected chi connectivity index (χ2v) is 10.3. The van der Waals surface area contributed by atoms with Crippen LogP contribution in [0.4, 0.5) is 8.78 Å². The monoisotopic (exact) mass is 437 g/mol. The first-order chi connectivity index (χ1) is 15.0. The van der Waals surface area contributed by atoms with E-state index in [2.05, 4.69) is 16.6 Å². The quantitative estimate of drug-likeness (QED) is 0.549. The van der Waals surface area contributed by atoms with Crippen molar-refractivity contribution in [3.8, 4) is 17.2 Å². The number of nitriles is 1. The summed E-state index contributed by atoms with van der Waals surface area (Å²) in [6, 6.07) is 10.3. The summed E-state index contributed by atoms with van der Waals surface area (Å²) in [7, 11) is 0. The normalized spacial score (nSPS) is 27.5. The molecular formula is C25H25F2N3S. The van der Waals surface area contributed by atoms with Gasteiger partial charge in [0, 0.05) is 29.9 Å². The first-order valence-electron chi connectivity index (χ1n) is 10.9. The average molecular weight is 438 g/mol. The molecule has 3 fully saturated rings. The minimum atomic E-state index is -0.535. The van der Waals surface area contributed by atoms with Gasteiger partial charge in [0.1, 0.15) is 17.7 Å². The standard InChI is InChI=1S/C25H25F2N3S/c1-29-25-9-8-18(12-25)30(15-25)14-20-21(26)7-6-19(24(20)23-3-2-10-31-23)16-4-5-17(13-28)22(27)11-16/h4-7,11,18,23H,1-3,8-10,12,14-15H2/t18?,23?,25-/m0/s1. The number of aliphatic imine (C=N–C) groups is 1. The molecule has 2 bridgehead atoms. The van der Waals surface area contributed by atoms with Gasteiger partial charge in [0.05, 0.1) is 11.1 Å². The molecule has 0 radical (unpaired) electrons. The first-order valence-corrected chi connectivity index (χ1v) is 11.9. The fourth-order valence-electron chi connectivity index (χ4n) is 5.62. The molecule has 160 valence electrons. The third kappa shape index (κ3) is 3.58. The smallest absolute Gasteiger partial charge is 0.141 e. The summed E-state index contributed by atoms with van der Waals surface area (Å²) in [6.45, 7) is 5.19. The van der Waals surface area contributed by atoms with Gasteiger partial charge in [-0.15, -0.1) is 0 Å². The maximum atomic E-state index is 15.3. The number of thioether (sulfide) groups is 1. The van der Waals surface area contributed by atoms with Crippen LogP contribution in [0.1, 0.15) is 54.0 Å². The highest BCUT2D eigenvalue weighted by Crippen LogP contribution is 2.48. The van der Waals surface area contributed by atoms with Gasteiger partial charge < -0.3 is 0 Å². The van der Waals surface area contributed by atoms with Crippen molar-refractivity contribution in [2.75, 3.05) is 12.3 Å². The van der Waals surface area contributed by atoms with Crippen LogP contribution in [0.3, 0.4) is 0 Å². The van der Waals surface area contributed by atoms with Crippen LogP contribution in [0, 0.1) is 23.0 Å². The van der Waals surface area contributed by atoms with Crippen molar-refractivity contribution in [1.29, 1.82) is 5.26 Å². The molecule has 2 aliphatic heterocycles. The van der Waals surface area contributed by atoms with Crippen LogP contribution >= 0.6 is 11.8 Å².